The van der Waals surface area contributed by atoms with Gasteiger partial charge in [-0.25, -0.2) is 8.78 Å². The van der Waals surface area contributed by atoms with E-state index in [1.807, 2.05) is 0 Å². The molecule has 0 N–H and O–H groups in total. The molecule has 0 aliphatic carbocycles. The molecule has 0 aromatic heterocycles. The number of ketones is 1. The van der Waals surface area contributed by atoms with Crippen molar-refractivity contribution in [2.24, 2.45) is 0 Å². The molecule has 0 spiro atoms. The maximum atomic E-state index is 12.9. The van der Waals surface area contributed by atoms with Gasteiger partial charge in [-0.1, -0.05) is 6.08 Å². The number of hydrogen-bond acceptors (Lipinski definition) is 1. The van der Waals surface area contributed by atoms with Gasteiger partial charge < -0.3 is 0 Å². The normalized spacial score (nSPS) is 10.7. The topological polar surface area (TPSA) is 17.1 Å². The predicted octanol–water partition coefficient (Wildman–Crippen LogP) is 2.72. The Morgan fingerprint density at radius 3 is 2.69 bits per heavy atom. The zero-order valence-corrected chi connectivity index (χ0v) is 7.05. The maximum absolute atomic E-state index is 12.9. The van der Waals surface area contributed by atoms with Crippen LogP contribution in [0.4, 0.5) is 8.78 Å². The van der Waals surface area contributed by atoms with Crippen LogP contribution in [0.3, 0.4) is 0 Å². The summed E-state index contributed by atoms with van der Waals surface area (Å²) in [5.74, 6) is -1.85. The summed E-state index contributed by atoms with van der Waals surface area (Å²) < 4.78 is 25.5. The van der Waals surface area contributed by atoms with E-state index in [4.69, 9.17) is 0 Å². The number of rotatable bonds is 2. The third kappa shape index (κ3) is 2.21. The Bertz CT molecular complexity index is 356. The smallest absolute Gasteiger partial charge is 0.188 e. The molecule has 0 amide bonds. The molecule has 0 radical (unpaired) electrons. The van der Waals surface area contributed by atoms with E-state index in [0.29, 0.717) is 0 Å². The van der Waals surface area contributed by atoms with Gasteiger partial charge in [-0.2, -0.15) is 0 Å². The van der Waals surface area contributed by atoms with Crippen molar-refractivity contribution in [1.82, 2.24) is 0 Å². The van der Waals surface area contributed by atoms with Crippen LogP contribution in [0.1, 0.15) is 17.3 Å². The molecule has 0 saturated carbocycles. The quantitative estimate of drug-likeness (QED) is 0.507. The van der Waals surface area contributed by atoms with Gasteiger partial charge >= 0.3 is 0 Å². The monoisotopic (exact) mass is 182 g/mol. The second kappa shape index (κ2) is 3.94. The molecule has 1 nitrogen and oxygen atoms in total. The van der Waals surface area contributed by atoms with Gasteiger partial charge in [0.05, 0.1) is 5.56 Å². The van der Waals surface area contributed by atoms with E-state index in [0.717, 1.165) is 18.2 Å². The molecule has 0 fully saturated rings. The highest BCUT2D eigenvalue weighted by molar-refractivity contribution is 6.04. The van der Waals surface area contributed by atoms with Gasteiger partial charge in [0.15, 0.2) is 5.78 Å². The zero-order chi connectivity index (χ0) is 9.84. The Kier molecular flexibility index (Phi) is 2.90. The Hall–Kier alpha value is -1.51. The van der Waals surface area contributed by atoms with Crippen molar-refractivity contribution >= 4 is 5.78 Å². The molecule has 0 aliphatic rings. The molecule has 0 aliphatic heterocycles. The first kappa shape index (κ1) is 9.58. The van der Waals surface area contributed by atoms with Gasteiger partial charge in [-0.3, -0.25) is 4.79 Å². The van der Waals surface area contributed by atoms with Crippen molar-refractivity contribution in [1.29, 1.82) is 0 Å². The summed E-state index contributed by atoms with van der Waals surface area (Å²) in [4.78, 5) is 11.1. The van der Waals surface area contributed by atoms with Crippen LogP contribution in [-0.2, 0) is 0 Å². The molecule has 0 atom stereocenters. The van der Waals surface area contributed by atoms with E-state index in [9.17, 15) is 13.6 Å². The summed E-state index contributed by atoms with van der Waals surface area (Å²) in [5.41, 5.74) is -0.238. The molecular formula is C10H8F2O. The molecule has 68 valence electrons. The van der Waals surface area contributed by atoms with Gasteiger partial charge in [0.1, 0.15) is 11.6 Å². The third-order valence-corrected chi connectivity index (χ3v) is 1.51. The Morgan fingerprint density at radius 1 is 1.38 bits per heavy atom. The van der Waals surface area contributed by atoms with Crippen LogP contribution >= 0.6 is 0 Å². The first-order valence-electron chi connectivity index (χ1n) is 3.77. The highest BCUT2D eigenvalue weighted by Crippen LogP contribution is 2.10. The molecule has 1 rings (SSSR count). The van der Waals surface area contributed by atoms with Crippen LogP contribution in [0.5, 0.6) is 0 Å². The average molecular weight is 182 g/mol. The SMILES string of the molecule is CC=CC(=O)c1cc(F)ccc1F. The minimum absolute atomic E-state index is 0.238. The average Bonchev–Trinajstić information content (AvgIpc) is 2.09. The highest BCUT2D eigenvalue weighted by atomic mass is 19.1. The van der Waals surface area contributed by atoms with E-state index in [2.05, 4.69) is 0 Å². The van der Waals surface area contributed by atoms with Crippen molar-refractivity contribution in [3.8, 4) is 0 Å². The third-order valence-electron chi connectivity index (χ3n) is 1.51. The summed E-state index contributed by atoms with van der Waals surface area (Å²) >= 11 is 0. The van der Waals surface area contributed by atoms with Crippen LogP contribution in [0.2, 0.25) is 0 Å². The standard InChI is InChI=1S/C10H8F2O/c1-2-3-10(13)8-6-7(11)4-5-9(8)12/h2-6H,1H3. The van der Waals surface area contributed by atoms with Gasteiger partial charge in [-0.15, -0.1) is 0 Å². The highest BCUT2D eigenvalue weighted by Gasteiger charge is 2.09. The lowest BCUT2D eigenvalue weighted by Gasteiger charge is -1.97. The summed E-state index contributed by atoms with van der Waals surface area (Å²) in [6.45, 7) is 1.63. The fourth-order valence-corrected chi connectivity index (χ4v) is 0.927. The van der Waals surface area contributed by atoms with Crippen molar-refractivity contribution in [3.05, 3.63) is 47.5 Å². The summed E-state index contributed by atoms with van der Waals surface area (Å²) in [6, 6.07) is 2.80. The minimum atomic E-state index is -0.704. The van der Waals surface area contributed by atoms with Crippen LogP contribution in [-0.4, -0.2) is 5.78 Å². The van der Waals surface area contributed by atoms with Crippen LogP contribution in [0.25, 0.3) is 0 Å². The number of carbonyl (C=O) groups excluding carboxylic acids is 1. The van der Waals surface area contributed by atoms with Crippen molar-refractivity contribution in [2.75, 3.05) is 0 Å². The Labute approximate surface area is 74.7 Å². The first-order valence-corrected chi connectivity index (χ1v) is 3.77. The van der Waals surface area contributed by atoms with E-state index < -0.39 is 17.4 Å². The van der Waals surface area contributed by atoms with Gasteiger partial charge in [0.25, 0.3) is 0 Å². The van der Waals surface area contributed by atoms with E-state index in [-0.39, 0.29) is 5.56 Å². The predicted molar refractivity (Wildman–Crippen MR) is 45.5 cm³/mol. The maximum Gasteiger partial charge on any atom is 0.188 e. The lowest BCUT2D eigenvalue weighted by atomic mass is 10.1. The Balaban J connectivity index is 3.13. The molecule has 3 heteroatoms. The van der Waals surface area contributed by atoms with Gasteiger partial charge in [-0.05, 0) is 31.2 Å². The number of allylic oxidation sites excluding steroid dienone is 2. The van der Waals surface area contributed by atoms with Gasteiger partial charge in [0.2, 0.25) is 0 Å². The van der Waals surface area contributed by atoms with E-state index in [1.165, 1.54) is 12.2 Å². The number of carbonyl (C=O) groups is 1. The lowest BCUT2D eigenvalue weighted by Crippen LogP contribution is -1.99. The molecule has 1 aromatic carbocycles. The minimum Gasteiger partial charge on any atom is -0.289 e. The second-order valence-corrected chi connectivity index (χ2v) is 2.49. The number of hydrogen-bond donors (Lipinski definition) is 0. The molecule has 1 aromatic rings. The molecule has 13 heavy (non-hydrogen) atoms. The fraction of sp³-hybridized carbons (Fsp3) is 0.100. The second-order valence-electron chi connectivity index (χ2n) is 2.49. The Morgan fingerprint density at radius 2 is 2.08 bits per heavy atom. The summed E-state index contributed by atoms with van der Waals surface area (Å²) in [5, 5.41) is 0. The van der Waals surface area contributed by atoms with Crippen molar-refractivity contribution in [3.63, 3.8) is 0 Å². The fourth-order valence-electron chi connectivity index (χ4n) is 0.927. The zero-order valence-electron chi connectivity index (χ0n) is 7.05. The number of halogens is 2. The van der Waals surface area contributed by atoms with E-state index >= 15 is 0 Å². The summed E-state index contributed by atoms with van der Waals surface area (Å²) in [7, 11) is 0. The van der Waals surface area contributed by atoms with Crippen molar-refractivity contribution in [2.45, 2.75) is 6.92 Å². The largest absolute Gasteiger partial charge is 0.289 e. The van der Waals surface area contributed by atoms with Crippen LogP contribution < -0.4 is 0 Å². The molecule has 0 unspecified atom stereocenters. The molecule has 0 heterocycles. The van der Waals surface area contributed by atoms with E-state index in [1.54, 1.807) is 6.92 Å². The number of benzene rings is 1. The lowest BCUT2D eigenvalue weighted by molar-refractivity contribution is 0.104. The van der Waals surface area contributed by atoms with Crippen molar-refractivity contribution < 1.29 is 13.6 Å². The molecule has 0 bridgehead atoms. The summed E-state index contributed by atoms with van der Waals surface area (Å²) in [6.07, 6.45) is 2.67. The van der Waals surface area contributed by atoms with Crippen LogP contribution in [0.15, 0.2) is 30.4 Å². The first-order chi connectivity index (χ1) is 6.15. The molecule has 0 saturated heterocycles. The van der Waals surface area contributed by atoms with Crippen LogP contribution in [0, 0.1) is 11.6 Å². The van der Waals surface area contributed by atoms with Gasteiger partial charge in [0, 0.05) is 0 Å². The molecular weight excluding hydrogens is 174 g/mol.